The fourth-order valence-corrected chi connectivity index (χ4v) is 3.11. The van der Waals surface area contributed by atoms with Crippen molar-refractivity contribution in [3.8, 4) is 0 Å². The summed E-state index contributed by atoms with van der Waals surface area (Å²) in [6, 6.07) is 7.58. The van der Waals surface area contributed by atoms with Crippen molar-refractivity contribution in [3.63, 3.8) is 0 Å². The normalized spacial score (nSPS) is 10.6. The van der Waals surface area contributed by atoms with Crippen LogP contribution in [0.25, 0.3) is 20.3 Å². The van der Waals surface area contributed by atoms with Gasteiger partial charge in [-0.15, -0.1) is 33.9 Å². The molecular formula is C10H5Cl3N2S. The van der Waals surface area contributed by atoms with Crippen molar-refractivity contribution < 1.29 is 0 Å². The third kappa shape index (κ3) is 1.74. The van der Waals surface area contributed by atoms with E-state index in [-0.39, 0.29) is 12.4 Å². The number of hydrogen-bond acceptors (Lipinski definition) is 3. The van der Waals surface area contributed by atoms with E-state index in [4.69, 9.17) is 23.2 Å². The first-order valence-electron chi connectivity index (χ1n) is 4.25. The Kier molecular flexibility index (Phi) is 3.22. The highest BCUT2D eigenvalue weighted by Crippen LogP contribution is 2.36. The molecule has 2 heterocycles. The molecule has 0 fully saturated rings. The maximum Gasteiger partial charge on any atom is 0.153 e. The largest absolute Gasteiger partial charge is 0.153 e. The number of aromatic nitrogens is 2. The Labute approximate surface area is 112 Å². The number of rotatable bonds is 0. The van der Waals surface area contributed by atoms with Gasteiger partial charge < -0.3 is 0 Å². The SMILES string of the molecule is Cl.Clc1cc2sc3c(Cl)cccc3c2nn1. The van der Waals surface area contributed by atoms with Crippen molar-refractivity contribution in [1.29, 1.82) is 0 Å². The first-order chi connectivity index (χ1) is 7.25. The van der Waals surface area contributed by atoms with E-state index in [0.29, 0.717) is 5.15 Å². The lowest BCUT2D eigenvalue weighted by atomic mass is 10.2. The van der Waals surface area contributed by atoms with E-state index in [2.05, 4.69) is 10.2 Å². The van der Waals surface area contributed by atoms with Crippen LogP contribution in [0, 0.1) is 0 Å². The van der Waals surface area contributed by atoms with Gasteiger partial charge in [0, 0.05) is 5.39 Å². The first kappa shape index (κ1) is 11.9. The van der Waals surface area contributed by atoms with E-state index < -0.39 is 0 Å². The predicted molar refractivity (Wildman–Crippen MR) is 72.2 cm³/mol. The van der Waals surface area contributed by atoms with Crippen molar-refractivity contribution in [2.75, 3.05) is 0 Å². The number of hydrogen-bond donors (Lipinski definition) is 0. The fourth-order valence-electron chi connectivity index (χ4n) is 1.53. The molecule has 0 radical (unpaired) electrons. The zero-order valence-electron chi connectivity index (χ0n) is 7.78. The van der Waals surface area contributed by atoms with E-state index in [0.717, 1.165) is 25.3 Å². The molecule has 3 rings (SSSR count). The summed E-state index contributed by atoms with van der Waals surface area (Å²) in [6.45, 7) is 0. The van der Waals surface area contributed by atoms with Crippen molar-refractivity contribution in [1.82, 2.24) is 10.2 Å². The van der Waals surface area contributed by atoms with E-state index in [1.54, 1.807) is 11.3 Å². The Balaban J connectivity index is 0.000000963. The molecule has 16 heavy (non-hydrogen) atoms. The van der Waals surface area contributed by atoms with Gasteiger partial charge in [-0.3, -0.25) is 0 Å². The van der Waals surface area contributed by atoms with Gasteiger partial charge in [-0.25, -0.2) is 0 Å². The molecule has 0 spiro atoms. The zero-order valence-corrected chi connectivity index (χ0v) is 10.9. The molecule has 2 aromatic heterocycles. The Morgan fingerprint density at radius 3 is 2.75 bits per heavy atom. The van der Waals surface area contributed by atoms with Gasteiger partial charge >= 0.3 is 0 Å². The Morgan fingerprint density at radius 2 is 1.94 bits per heavy atom. The van der Waals surface area contributed by atoms with Crippen LogP contribution in [0.4, 0.5) is 0 Å². The van der Waals surface area contributed by atoms with Gasteiger partial charge in [-0.1, -0.05) is 35.3 Å². The fraction of sp³-hybridized carbons (Fsp3) is 0. The summed E-state index contributed by atoms with van der Waals surface area (Å²) < 4.78 is 2.05. The predicted octanol–water partition coefficient (Wildman–Crippen LogP) is 4.57. The number of benzene rings is 1. The van der Waals surface area contributed by atoms with E-state index in [9.17, 15) is 0 Å². The first-order valence-corrected chi connectivity index (χ1v) is 5.83. The highest BCUT2D eigenvalue weighted by Gasteiger charge is 2.09. The molecule has 0 saturated heterocycles. The maximum absolute atomic E-state index is 6.10. The van der Waals surface area contributed by atoms with Crippen LogP contribution in [0.2, 0.25) is 10.2 Å². The summed E-state index contributed by atoms with van der Waals surface area (Å²) in [7, 11) is 0. The van der Waals surface area contributed by atoms with Crippen molar-refractivity contribution in [2.45, 2.75) is 0 Å². The molecule has 0 saturated carbocycles. The average molecular weight is 292 g/mol. The van der Waals surface area contributed by atoms with Crippen LogP contribution < -0.4 is 0 Å². The number of fused-ring (bicyclic) bond motifs is 3. The van der Waals surface area contributed by atoms with Gasteiger partial charge in [0.25, 0.3) is 0 Å². The van der Waals surface area contributed by atoms with Crippen LogP contribution in [0.3, 0.4) is 0 Å². The lowest BCUT2D eigenvalue weighted by molar-refractivity contribution is 1.08. The highest BCUT2D eigenvalue weighted by atomic mass is 35.5. The minimum atomic E-state index is 0. The molecule has 0 aliphatic carbocycles. The summed E-state index contributed by atoms with van der Waals surface area (Å²) >= 11 is 13.5. The molecule has 0 atom stereocenters. The Hall–Kier alpha value is -0.610. The molecular weight excluding hydrogens is 287 g/mol. The average Bonchev–Trinajstić information content (AvgIpc) is 2.57. The molecule has 2 nitrogen and oxygen atoms in total. The lowest BCUT2D eigenvalue weighted by Gasteiger charge is -1.91. The number of nitrogens with zero attached hydrogens (tertiary/aromatic N) is 2. The van der Waals surface area contributed by atoms with Gasteiger partial charge in [0.2, 0.25) is 0 Å². The summed E-state index contributed by atoms with van der Waals surface area (Å²) in [5, 5.41) is 10.1. The topological polar surface area (TPSA) is 25.8 Å². The van der Waals surface area contributed by atoms with Crippen molar-refractivity contribution >= 4 is 67.2 Å². The smallest absolute Gasteiger partial charge is 0.147 e. The molecule has 0 bridgehead atoms. The molecule has 0 aliphatic rings. The summed E-state index contributed by atoms with van der Waals surface area (Å²) in [4.78, 5) is 0. The molecule has 0 aliphatic heterocycles. The monoisotopic (exact) mass is 290 g/mol. The van der Waals surface area contributed by atoms with Crippen LogP contribution in [0.1, 0.15) is 0 Å². The van der Waals surface area contributed by atoms with Crippen molar-refractivity contribution in [2.24, 2.45) is 0 Å². The minimum absolute atomic E-state index is 0. The molecule has 3 aromatic rings. The molecule has 0 amide bonds. The van der Waals surface area contributed by atoms with Crippen LogP contribution in [0.5, 0.6) is 0 Å². The van der Waals surface area contributed by atoms with E-state index in [1.165, 1.54) is 0 Å². The van der Waals surface area contributed by atoms with Crippen LogP contribution >= 0.6 is 46.9 Å². The van der Waals surface area contributed by atoms with E-state index in [1.807, 2.05) is 24.3 Å². The molecule has 82 valence electrons. The Morgan fingerprint density at radius 1 is 1.12 bits per heavy atom. The van der Waals surface area contributed by atoms with Crippen LogP contribution in [-0.2, 0) is 0 Å². The van der Waals surface area contributed by atoms with Gasteiger partial charge in [0.15, 0.2) is 5.15 Å². The second-order valence-corrected chi connectivity index (χ2v) is 4.95. The van der Waals surface area contributed by atoms with Gasteiger partial charge in [-0.2, -0.15) is 0 Å². The number of halogens is 3. The second kappa shape index (κ2) is 4.34. The second-order valence-electron chi connectivity index (χ2n) is 3.10. The quantitative estimate of drug-likeness (QED) is 0.606. The van der Waals surface area contributed by atoms with Gasteiger partial charge in [-0.05, 0) is 12.1 Å². The van der Waals surface area contributed by atoms with Crippen molar-refractivity contribution in [3.05, 3.63) is 34.4 Å². The van der Waals surface area contributed by atoms with Crippen LogP contribution in [-0.4, -0.2) is 10.2 Å². The zero-order chi connectivity index (χ0) is 10.4. The highest BCUT2D eigenvalue weighted by molar-refractivity contribution is 7.26. The molecule has 6 heteroatoms. The standard InChI is InChI=1S/C10H4Cl2N2S.ClH/c11-6-3-1-2-5-9-7(15-10(5)6)4-8(12)13-14-9;/h1-4H;1H. The molecule has 0 N–H and O–H groups in total. The van der Waals surface area contributed by atoms with Crippen LogP contribution in [0.15, 0.2) is 24.3 Å². The minimum Gasteiger partial charge on any atom is -0.147 e. The third-order valence-electron chi connectivity index (χ3n) is 2.16. The van der Waals surface area contributed by atoms with Gasteiger partial charge in [0.05, 0.1) is 14.4 Å². The third-order valence-corrected chi connectivity index (χ3v) is 3.95. The summed E-state index contributed by atoms with van der Waals surface area (Å²) in [5.41, 5.74) is 0.863. The maximum atomic E-state index is 6.10. The lowest BCUT2D eigenvalue weighted by Crippen LogP contribution is -1.80. The molecule has 1 aromatic carbocycles. The van der Waals surface area contributed by atoms with Gasteiger partial charge in [0.1, 0.15) is 5.52 Å². The number of thiophene rings is 1. The summed E-state index contributed by atoms with van der Waals surface area (Å²) in [6.07, 6.45) is 0. The van der Waals surface area contributed by atoms with E-state index >= 15 is 0 Å². The summed E-state index contributed by atoms with van der Waals surface area (Å²) in [5.74, 6) is 0. The Bertz CT molecular complexity index is 666. The molecule has 0 unspecified atom stereocenters.